The number of aliphatic carboxylic acids is 1. The van der Waals surface area contributed by atoms with Gasteiger partial charge in [-0.2, -0.15) is 4.72 Å². The average Bonchev–Trinajstić information content (AvgIpc) is 3.53. The summed E-state index contributed by atoms with van der Waals surface area (Å²) in [6.07, 6.45) is 3.81. The third-order valence-electron chi connectivity index (χ3n) is 6.42. The number of aromatic nitrogens is 2. The predicted molar refractivity (Wildman–Crippen MR) is 155 cm³/mol. The standard InChI is InChI=1S/C31H30N4O5S/c1-35(22-19-23-5-3-2-4-6-23)29(36)18-17-28(31(37)38)34-41(39,40)27-15-11-25(12-16-27)8-7-24-9-13-26(14-10-24)30-32-20-21-33-30/h2-6,9-16,20-21,28,34H,17-19,22H2,1H3,(H,32,33)(H,37,38)/t28-/m1/s1. The van der Waals surface area contributed by atoms with Gasteiger partial charge in [0.25, 0.3) is 0 Å². The summed E-state index contributed by atoms with van der Waals surface area (Å²) in [7, 11) is -2.50. The lowest BCUT2D eigenvalue weighted by Gasteiger charge is -2.19. The van der Waals surface area contributed by atoms with Gasteiger partial charge >= 0.3 is 5.97 Å². The number of carbonyl (C=O) groups is 2. The fourth-order valence-electron chi connectivity index (χ4n) is 4.01. The molecule has 0 radical (unpaired) electrons. The van der Waals surface area contributed by atoms with E-state index in [0.717, 1.165) is 22.5 Å². The molecule has 0 saturated heterocycles. The highest BCUT2D eigenvalue weighted by molar-refractivity contribution is 7.89. The van der Waals surface area contributed by atoms with Crippen LogP contribution in [-0.2, 0) is 26.0 Å². The van der Waals surface area contributed by atoms with Gasteiger partial charge in [0.05, 0.1) is 4.90 Å². The van der Waals surface area contributed by atoms with Gasteiger partial charge in [0.1, 0.15) is 11.9 Å². The first-order valence-electron chi connectivity index (χ1n) is 13.0. The average molecular weight is 571 g/mol. The molecule has 0 aliphatic rings. The highest BCUT2D eigenvalue weighted by Crippen LogP contribution is 2.16. The van der Waals surface area contributed by atoms with Gasteiger partial charge in [-0.1, -0.05) is 54.3 Å². The van der Waals surface area contributed by atoms with E-state index >= 15 is 0 Å². The van der Waals surface area contributed by atoms with Crippen molar-refractivity contribution in [3.8, 4) is 23.2 Å². The third-order valence-corrected chi connectivity index (χ3v) is 7.91. The number of likely N-dealkylation sites (N-methyl/N-ethyl adjacent to an activating group) is 1. The van der Waals surface area contributed by atoms with E-state index in [4.69, 9.17) is 0 Å². The quantitative estimate of drug-likeness (QED) is 0.236. The number of benzene rings is 3. The molecule has 4 rings (SSSR count). The van der Waals surface area contributed by atoms with Crippen molar-refractivity contribution in [1.29, 1.82) is 0 Å². The summed E-state index contributed by atoms with van der Waals surface area (Å²) in [5.41, 5.74) is 3.39. The molecule has 4 aromatic rings. The van der Waals surface area contributed by atoms with Crippen LogP contribution in [0, 0.1) is 11.8 Å². The van der Waals surface area contributed by atoms with E-state index in [0.29, 0.717) is 18.5 Å². The molecule has 0 unspecified atom stereocenters. The molecule has 9 nitrogen and oxygen atoms in total. The molecule has 210 valence electrons. The number of imidazole rings is 1. The molecule has 41 heavy (non-hydrogen) atoms. The summed E-state index contributed by atoms with van der Waals surface area (Å²) in [4.78, 5) is 33.0. The van der Waals surface area contributed by atoms with Gasteiger partial charge in [0.15, 0.2) is 0 Å². The number of H-pyrrole nitrogens is 1. The minimum absolute atomic E-state index is 0.0941. The van der Waals surface area contributed by atoms with E-state index in [1.165, 1.54) is 17.0 Å². The fourth-order valence-corrected chi connectivity index (χ4v) is 5.23. The Balaban J connectivity index is 1.32. The zero-order chi connectivity index (χ0) is 29.2. The summed E-state index contributed by atoms with van der Waals surface area (Å²) in [5.74, 6) is 5.18. The van der Waals surface area contributed by atoms with Crippen LogP contribution in [0.1, 0.15) is 29.5 Å². The Morgan fingerprint density at radius 3 is 2.20 bits per heavy atom. The molecule has 1 atom stereocenters. The van der Waals surface area contributed by atoms with Crippen molar-refractivity contribution in [2.24, 2.45) is 0 Å². The Morgan fingerprint density at radius 2 is 1.61 bits per heavy atom. The SMILES string of the molecule is CN(CCc1ccccc1)C(=O)CC[C@@H](NS(=O)(=O)c1ccc(C#Cc2ccc(-c3ncc[nH]3)cc2)cc1)C(=O)O. The normalized spacial score (nSPS) is 11.7. The van der Waals surface area contributed by atoms with Crippen LogP contribution in [0.15, 0.2) is 96.2 Å². The van der Waals surface area contributed by atoms with Crippen molar-refractivity contribution >= 4 is 21.9 Å². The zero-order valence-electron chi connectivity index (χ0n) is 22.4. The molecule has 1 heterocycles. The van der Waals surface area contributed by atoms with Crippen LogP contribution in [0.25, 0.3) is 11.4 Å². The molecular formula is C31H30N4O5S. The van der Waals surface area contributed by atoms with Gasteiger partial charge < -0.3 is 15.0 Å². The van der Waals surface area contributed by atoms with Gasteiger partial charge in [0.2, 0.25) is 15.9 Å². The Morgan fingerprint density at radius 1 is 0.976 bits per heavy atom. The summed E-state index contributed by atoms with van der Waals surface area (Å²) in [6.45, 7) is 0.470. The van der Waals surface area contributed by atoms with Crippen LogP contribution < -0.4 is 4.72 Å². The Kier molecular flexibility index (Phi) is 9.68. The number of nitrogens with zero attached hydrogens (tertiary/aromatic N) is 2. The molecule has 1 aromatic heterocycles. The number of hydrogen-bond donors (Lipinski definition) is 3. The number of hydrogen-bond acceptors (Lipinski definition) is 5. The molecule has 1 amide bonds. The Labute approximate surface area is 239 Å². The van der Waals surface area contributed by atoms with Crippen molar-refractivity contribution in [2.75, 3.05) is 13.6 Å². The van der Waals surface area contributed by atoms with Crippen molar-refractivity contribution in [2.45, 2.75) is 30.2 Å². The van der Waals surface area contributed by atoms with E-state index in [1.54, 1.807) is 31.6 Å². The number of sulfonamides is 1. The molecular weight excluding hydrogens is 540 g/mol. The van der Waals surface area contributed by atoms with E-state index in [-0.39, 0.29) is 23.6 Å². The number of carbonyl (C=O) groups excluding carboxylic acids is 1. The molecule has 0 bridgehead atoms. The fraction of sp³-hybridized carbons (Fsp3) is 0.194. The Hall–Kier alpha value is -4.72. The predicted octanol–water partition coefficient (Wildman–Crippen LogP) is 3.69. The maximum Gasteiger partial charge on any atom is 0.321 e. The van der Waals surface area contributed by atoms with Crippen LogP contribution in [0.5, 0.6) is 0 Å². The Bertz CT molecular complexity index is 1620. The summed E-state index contributed by atoms with van der Waals surface area (Å²) < 4.78 is 28.0. The first kappa shape index (κ1) is 29.3. The second-order valence-electron chi connectivity index (χ2n) is 9.39. The largest absolute Gasteiger partial charge is 0.480 e. The minimum Gasteiger partial charge on any atom is -0.480 e. The van der Waals surface area contributed by atoms with Crippen LogP contribution in [0.3, 0.4) is 0 Å². The first-order chi connectivity index (χ1) is 19.7. The maximum absolute atomic E-state index is 12.9. The van der Waals surface area contributed by atoms with Crippen LogP contribution in [0.2, 0.25) is 0 Å². The lowest BCUT2D eigenvalue weighted by Crippen LogP contribution is -2.41. The number of carboxylic acid groups (broad SMARTS) is 1. The number of carboxylic acids is 1. The van der Waals surface area contributed by atoms with Crippen LogP contribution in [0.4, 0.5) is 0 Å². The van der Waals surface area contributed by atoms with E-state index in [2.05, 4.69) is 26.5 Å². The number of rotatable bonds is 11. The highest BCUT2D eigenvalue weighted by atomic mass is 32.2. The van der Waals surface area contributed by atoms with Gasteiger partial charge in [-0.15, -0.1) is 0 Å². The lowest BCUT2D eigenvalue weighted by atomic mass is 10.1. The number of amides is 1. The van der Waals surface area contributed by atoms with Gasteiger partial charge in [-0.3, -0.25) is 9.59 Å². The highest BCUT2D eigenvalue weighted by Gasteiger charge is 2.26. The van der Waals surface area contributed by atoms with Crippen molar-refractivity contribution in [3.63, 3.8) is 0 Å². The van der Waals surface area contributed by atoms with E-state index < -0.39 is 22.0 Å². The maximum atomic E-state index is 12.9. The van der Waals surface area contributed by atoms with Crippen LogP contribution in [-0.4, -0.2) is 59.9 Å². The topological polar surface area (TPSA) is 132 Å². The molecule has 0 spiro atoms. The number of nitrogens with one attached hydrogen (secondary N) is 2. The molecule has 0 aliphatic carbocycles. The van der Waals surface area contributed by atoms with Crippen LogP contribution >= 0.6 is 0 Å². The summed E-state index contributed by atoms with van der Waals surface area (Å²) >= 11 is 0. The molecule has 0 aliphatic heterocycles. The second-order valence-corrected chi connectivity index (χ2v) is 11.1. The van der Waals surface area contributed by atoms with E-state index in [1.807, 2.05) is 54.6 Å². The third kappa shape index (κ3) is 8.38. The molecule has 3 N–H and O–H groups in total. The molecule has 3 aromatic carbocycles. The molecule has 0 saturated carbocycles. The summed E-state index contributed by atoms with van der Waals surface area (Å²) in [6, 6.07) is 21.6. The van der Waals surface area contributed by atoms with E-state index in [9.17, 15) is 23.1 Å². The molecule has 0 fully saturated rings. The minimum atomic E-state index is -4.14. The summed E-state index contributed by atoms with van der Waals surface area (Å²) in [5, 5.41) is 9.60. The first-order valence-corrected chi connectivity index (χ1v) is 14.4. The van der Waals surface area contributed by atoms with Gasteiger partial charge in [-0.05, 0) is 54.8 Å². The van der Waals surface area contributed by atoms with Gasteiger partial charge in [-0.25, -0.2) is 13.4 Å². The van der Waals surface area contributed by atoms with Crippen molar-refractivity contribution in [1.82, 2.24) is 19.6 Å². The lowest BCUT2D eigenvalue weighted by molar-refractivity contribution is -0.139. The second kappa shape index (κ2) is 13.6. The van der Waals surface area contributed by atoms with Crippen molar-refractivity contribution < 1.29 is 23.1 Å². The zero-order valence-corrected chi connectivity index (χ0v) is 23.3. The van der Waals surface area contributed by atoms with Gasteiger partial charge in [0, 0.05) is 49.1 Å². The van der Waals surface area contributed by atoms with Crippen molar-refractivity contribution in [3.05, 3.63) is 108 Å². The smallest absolute Gasteiger partial charge is 0.321 e. The monoisotopic (exact) mass is 570 g/mol. The number of aromatic amines is 1. The molecule has 10 heteroatoms.